The van der Waals surface area contributed by atoms with Gasteiger partial charge in [0.15, 0.2) is 11.5 Å². The average Bonchev–Trinajstić information content (AvgIpc) is 3.08. The third kappa shape index (κ3) is 2.37. The van der Waals surface area contributed by atoms with Crippen LogP contribution in [0.2, 0.25) is 0 Å². The van der Waals surface area contributed by atoms with Gasteiger partial charge in [0.2, 0.25) is 0 Å². The zero-order valence-corrected chi connectivity index (χ0v) is 13.2. The van der Waals surface area contributed by atoms with E-state index in [1.165, 1.54) is 31.2 Å². The molecule has 1 aromatic rings. The van der Waals surface area contributed by atoms with Crippen molar-refractivity contribution in [2.75, 3.05) is 14.2 Å². The maximum absolute atomic E-state index is 5.41. The Hall–Kier alpha value is -0.700. The Bertz CT molecular complexity index is 460. The molecule has 3 heteroatoms. The number of hydrogen-bond acceptors (Lipinski definition) is 2. The van der Waals surface area contributed by atoms with E-state index in [0.29, 0.717) is 4.83 Å². The summed E-state index contributed by atoms with van der Waals surface area (Å²) in [5.74, 6) is 4.32. The summed E-state index contributed by atoms with van der Waals surface area (Å²) in [4.78, 5) is 0.447. The van der Waals surface area contributed by atoms with E-state index in [0.717, 1.165) is 29.3 Å². The van der Waals surface area contributed by atoms with Gasteiger partial charge in [0.1, 0.15) is 0 Å². The maximum Gasteiger partial charge on any atom is 0.161 e. The lowest BCUT2D eigenvalue weighted by Crippen LogP contribution is -2.15. The Morgan fingerprint density at radius 3 is 2.47 bits per heavy atom. The summed E-state index contributed by atoms with van der Waals surface area (Å²) in [6, 6.07) is 6.28. The van der Waals surface area contributed by atoms with Gasteiger partial charge in [-0.25, -0.2) is 0 Å². The van der Waals surface area contributed by atoms with Gasteiger partial charge < -0.3 is 9.47 Å². The van der Waals surface area contributed by atoms with E-state index in [1.807, 2.05) is 6.07 Å². The van der Waals surface area contributed by atoms with Gasteiger partial charge in [-0.3, -0.25) is 0 Å². The topological polar surface area (TPSA) is 18.5 Å². The predicted molar refractivity (Wildman–Crippen MR) is 80.2 cm³/mol. The van der Waals surface area contributed by atoms with Gasteiger partial charge in [-0.2, -0.15) is 0 Å². The number of methoxy groups -OCH3 is 2. The molecular weight excluding hydrogens is 304 g/mol. The van der Waals surface area contributed by atoms with Gasteiger partial charge in [-0.15, -0.1) is 0 Å². The minimum absolute atomic E-state index is 0.447. The van der Waals surface area contributed by atoms with Crippen molar-refractivity contribution in [3.63, 3.8) is 0 Å². The number of fused-ring (bicyclic) bond motifs is 2. The zero-order valence-electron chi connectivity index (χ0n) is 11.6. The first-order valence-corrected chi connectivity index (χ1v) is 8.00. The molecule has 2 nitrogen and oxygen atoms in total. The monoisotopic (exact) mass is 324 g/mol. The van der Waals surface area contributed by atoms with E-state index in [-0.39, 0.29) is 0 Å². The summed E-state index contributed by atoms with van der Waals surface area (Å²) < 4.78 is 10.7. The van der Waals surface area contributed by atoms with Crippen LogP contribution in [-0.2, 0) is 0 Å². The predicted octanol–water partition coefficient (Wildman–Crippen LogP) is 4.58. The molecule has 0 amide bonds. The third-order valence-corrected chi connectivity index (χ3v) is 6.10. The highest BCUT2D eigenvalue weighted by atomic mass is 79.9. The number of halogens is 1. The van der Waals surface area contributed by atoms with E-state index < -0.39 is 0 Å². The van der Waals surface area contributed by atoms with Crippen molar-refractivity contribution in [2.24, 2.45) is 17.8 Å². The molecule has 19 heavy (non-hydrogen) atoms. The summed E-state index contributed by atoms with van der Waals surface area (Å²) in [6.45, 7) is 0. The molecule has 2 saturated carbocycles. The fraction of sp³-hybridized carbons (Fsp3) is 0.625. The minimum atomic E-state index is 0.447. The van der Waals surface area contributed by atoms with Gasteiger partial charge >= 0.3 is 0 Å². The molecule has 1 aromatic carbocycles. The van der Waals surface area contributed by atoms with E-state index in [2.05, 4.69) is 28.1 Å². The SMILES string of the molecule is COc1ccc(C(Br)C2CC3CCC2C3)cc1OC. The van der Waals surface area contributed by atoms with Gasteiger partial charge in [-0.05, 0) is 54.7 Å². The van der Waals surface area contributed by atoms with Gasteiger partial charge in [0, 0.05) is 4.83 Å². The van der Waals surface area contributed by atoms with Gasteiger partial charge in [-0.1, -0.05) is 28.4 Å². The molecule has 0 spiro atoms. The summed E-state index contributed by atoms with van der Waals surface area (Å²) >= 11 is 3.93. The van der Waals surface area contributed by atoms with Crippen molar-refractivity contribution in [1.29, 1.82) is 0 Å². The van der Waals surface area contributed by atoms with Gasteiger partial charge in [0.05, 0.1) is 14.2 Å². The largest absolute Gasteiger partial charge is 0.493 e. The minimum Gasteiger partial charge on any atom is -0.493 e. The molecular formula is C16H21BrO2. The normalized spacial score (nSPS) is 30.4. The standard InChI is InChI=1S/C16H21BrO2/c1-18-14-6-5-12(9-15(14)19-2)16(17)13-8-10-3-4-11(13)7-10/h5-6,9-11,13,16H,3-4,7-8H2,1-2H3. The lowest BCUT2D eigenvalue weighted by molar-refractivity contribution is 0.327. The second-order valence-electron chi connectivity index (χ2n) is 5.85. The number of benzene rings is 1. The molecule has 0 saturated heterocycles. The van der Waals surface area contributed by atoms with Gasteiger partial charge in [0.25, 0.3) is 0 Å². The van der Waals surface area contributed by atoms with Crippen LogP contribution in [0.1, 0.15) is 36.1 Å². The van der Waals surface area contributed by atoms with Crippen LogP contribution in [0.15, 0.2) is 18.2 Å². The van der Waals surface area contributed by atoms with Crippen LogP contribution in [0.5, 0.6) is 11.5 Å². The molecule has 4 atom stereocenters. The Morgan fingerprint density at radius 2 is 1.89 bits per heavy atom. The first kappa shape index (κ1) is 13.3. The molecule has 0 heterocycles. The lowest BCUT2D eigenvalue weighted by Gasteiger charge is -2.27. The molecule has 2 bridgehead atoms. The Balaban J connectivity index is 1.81. The molecule has 104 valence electrons. The number of alkyl halides is 1. The first-order valence-electron chi connectivity index (χ1n) is 7.09. The first-order chi connectivity index (χ1) is 9.22. The summed E-state index contributed by atoms with van der Waals surface area (Å²) in [6.07, 6.45) is 5.70. The van der Waals surface area contributed by atoms with E-state index >= 15 is 0 Å². The van der Waals surface area contributed by atoms with Crippen LogP contribution >= 0.6 is 15.9 Å². The molecule has 0 aliphatic heterocycles. The average molecular weight is 325 g/mol. The van der Waals surface area contributed by atoms with Crippen LogP contribution in [0.25, 0.3) is 0 Å². The number of ether oxygens (including phenoxy) is 2. The van der Waals surface area contributed by atoms with Crippen molar-refractivity contribution in [1.82, 2.24) is 0 Å². The number of rotatable bonds is 4. The smallest absolute Gasteiger partial charge is 0.161 e. The molecule has 2 fully saturated rings. The van der Waals surface area contributed by atoms with Crippen molar-refractivity contribution in [3.8, 4) is 11.5 Å². The lowest BCUT2D eigenvalue weighted by atomic mass is 9.84. The van der Waals surface area contributed by atoms with Crippen molar-refractivity contribution < 1.29 is 9.47 Å². The van der Waals surface area contributed by atoms with E-state index in [1.54, 1.807) is 14.2 Å². The Morgan fingerprint density at radius 1 is 1.11 bits per heavy atom. The Labute approximate surface area is 123 Å². The molecule has 0 N–H and O–H groups in total. The highest BCUT2D eigenvalue weighted by Gasteiger charge is 2.42. The molecule has 2 aliphatic rings. The van der Waals surface area contributed by atoms with Crippen molar-refractivity contribution in [3.05, 3.63) is 23.8 Å². The molecule has 0 radical (unpaired) electrons. The van der Waals surface area contributed by atoms with Crippen LogP contribution in [-0.4, -0.2) is 14.2 Å². The molecule has 3 rings (SSSR count). The van der Waals surface area contributed by atoms with Crippen LogP contribution in [0.3, 0.4) is 0 Å². The van der Waals surface area contributed by atoms with Crippen LogP contribution < -0.4 is 9.47 Å². The second kappa shape index (κ2) is 5.35. The Kier molecular flexibility index (Phi) is 3.75. The molecule has 4 unspecified atom stereocenters. The maximum atomic E-state index is 5.41. The number of hydrogen-bond donors (Lipinski definition) is 0. The fourth-order valence-corrected chi connectivity index (χ4v) is 4.86. The van der Waals surface area contributed by atoms with Crippen molar-refractivity contribution >= 4 is 15.9 Å². The zero-order chi connectivity index (χ0) is 13.4. The van der Waals surface area contributed by atoms with E-state index in [4.69, 9.17) is 9.47 Å². The van der Waals surface area contributed by atoms with E-state index in [9.17, 15) is 0 Å². The quantitative estimate of drug-likeness (QED) is 0.755. The summed E-state index contributed by atoms with van der Waals surface area (Å²) in [7, 11) is 3.38. The second-order valence-corrected chi connectivity index (χ2v) is 6.84. The van der Waals surface area contributed by atoms with Crippen LogP contribution in [0, 0.1) is 17.8 Å². The third-order valence-electron chi connectivity index (χ3n) is 4.89. The summed E-state index contributed by atoms with van der Waals surface area (Å²) in [5.41, 5.74) is 1.32. The highest BCUT2D eigenvalue weighted by Crippen LogP contribution is 2.55. The summed E-state index contributed by atoms with van der Waals surface area (Å²) in [5, 5.41) is 0. The molecule has 0 aromatic heterocycles. The molecule has 2 aliphatic carbocycles. The highest BCUT2D eigenvalue weighted by molar-refractivity contribution is 9.09. The fourth-order valence-electron chi connectivity index (χ4n) is 3.92. The van der Waals surface area contributed by atoms with Crippen molar-refractivity contribution in [2.45, 2.75) is 30.5 Å². The van der Waals surface area contributed by atoms with Crippen LogP contribution in [0.4, 0.5) is 0 Å².